The van der Waals surface area contributed by atoms with E-state index in [9.17, 15) is 4.79 Å². The monoisotopic (exact) mass is 347 g/mol. The molecule has 2 nitrogen and oxygen atoms in total. The van der Waals surface area contributed by atoms with Crippen molar-refractivity contribution >= 4 is 24.9 Å². The molecule has 4 rings (SSSR count). The van der Waals surface area contributed by atoms with Crippen molar-refractivity contribution in [2.24, 2.45) is 0 Å². The van der Waals surface area contributed by atoms with Crippen molar-refractivity contribution in [2.45, 2.75) is 36.9 Å². The highest BCUT2D eigenvalue weighted by Gasteiger charge is 2.58. The first-order chi connectivity index (χ1) is 12.0. The van der Waals surface area contributed by atoms with E-state index in [-0.39, 0.29) is 11.4 Å². The number of fused-ring (bicyclic) bond motifs is 2. The van der Waals surface area contributed by atoms with E-state index in [0.29, 0.717) is 0 Å². The fraction of sp³-hybridized carbons (Fsp3) is 0.318. The molecule has 0 fully saturated rings. The van der Waals surface area contributed by atoms with Crippen LogP contribution in [0.2, 0.25) is 18.6 Å². The summed E-state index contributed by atoms with van der Waals surface area (Å²) in [5.74, 6) is 0.277. The fourth-order valence-corrected chi connectivity index (χ4v) is 8.66. The number of hydrogen-bond donors (Lipinski definition) is 0. The lowest BCUT2D eigenvalue weighted by Gasteiger charge is -2.45. The van der Waals surface area contributed by atoms with Gasteiger partial charge in [0.25, 0.3) is 0 Å². The summed E-state index contributed by atoms with van der Waals surface area (Å²) in [6.45, 7) is 4.83. The molecule has 1 amide bonds. The predicted molar refractivity (Wildman–Crippen MR) is 107 cm³/mol. The molecule has 128 valence electrons. The first-order valence-corrected chi connectivity index (χ1v) is 12.2. The number of benzene rings is 2. The Morgan fingerprint density at radius 3 is 2.48 bits per heavy atom. The van der Waals surface area contributed by atoms with E-state index in [1.165, 1.54) is 10.8 Å². The third-order valence-corrected chi connectivity index (χ3v) is 10.4. The number of hydrogen-bond acceptors (Lipinski definition) is 1. The third kappa shape index (κ3) is 2.18. The zero-order valence-electron chi connectivity index (χ0n) is 15.2. The normalized spacial score (nSPS) is 25.5. The number of rotatable bonds is 2. The number of likely N-dealkylation sites (N-methyl/N-ethyl adjacent to an activating group) is 1. The highest BCUT2D eigenvalue weighted by atomic mass is 28.3. The van der Waals surface area contributed by atoms with Gasteiger partial charge in [0.05, 0.1) is 13.5 Å². The van der Waals surface area contributed by atoms with Gasteiger partial charge in [-0.25, -0.2) is 0 Å². The van der Waals surface area contributed by atoms with Crippen LogP contribution in [-0.2, 0) is 10.2 Å². The maximum atomic E-state index is 13.5. The summed E-state index contributed by atoms with van der Waals surface area (Å²) in [4.78, 5) is 15.4. The summed E-state index contributed by atoms with van der Waals surface area (Å²) in [6.07, 6.45) is 6.54. The predicted octanol–water partition coefficient (Wildman–Crippen LogP) is 4.24. The van der Waals surface area contributed by atoms with Crippen molar-refractivity contribution in [2.75, 3.05) is 11.9 Å². The molecule has 0 saturated carbocycles. The average molecular weight is 348 g/mol. The Morgan fingerprint density at radius 1 is 1.04 bits per heavy atom. The molecule has 0 unspecified atom stereocenters. The van der Waals surface area contributed by atoms with Crippen LogP contribution < -0.4 is 10.1 Å². The topological polar surface area (TPSA) is 20.3 Å². The smallest absolute Gasteiger partial charge is 0.237 e. The quantitative estimate of drug-likeness (QED) is 0.588. The van der Waals surface area contributed by atoms with E-state index in [0.717, 1.165) is 18.5 Å². The van der Waals surface area contributed by atoms with E-state index in [1.807, 2.05) is 18.0 Å². The van der Waals surface area contributed by atoms with Gasteiger partial charge in [-0.2, -0.15) is 0 Å². The van der Waals surface area contributed by atoms with Crippen molar-refractivity contribution in [1.82, 2.24) is 0 Å². The minimum absolute atomic E-state index is 0.273. The molecule has 2 atom stereocenters. The molecule has 1 aliphatic heterocycles. The Labute approximate surface area is 151 Å². The number of nitrogens with zero attached hydrogens (tertiary/aromatic N) is 1. The van der Waals surface area contributed by atoms with Crippen LogP contribution in [0.15, 0.2) is 66.7 Å². The number of allylic oxidation sites excluding steroid dienone is 2. The largest absolute Gasteiger partial charge is 0.314 e. The molecular weight excluding hydrogens is 322 g/mol. The van der Waals surface area contributed by atoms with Crippen molar-refractivity contribution in [3.05, 3.63) is 72.3 Å². The minimum Gasteiger partial charge on any atom is -0.314 e. The second kappa shape index (κ2) is 5.70. The maximum Gasteiger partial charge on any atom is 0.237 e. The maximum absolute atomic E-state index is 13.5. The third-order valence-electron chi connectivity index (χ3n) is 6.29. The summed E-state index contributed by atoms with van der Waals surface area (Å²) < 4.78 is 0. The molecule has 3 heteroatoms. The van der Waals surface area contributed by atoms with Crippen LogP contribution in [0.1, 0.15) is 18.4 Å². The lowest BCUT2D eigenvalue weighted by Crippen LogP contribution is -2.56. The van der Waals surface area contributed by atoms with Gasteiger partial charge in [0.15, 0.2) is 0 Å². The number of carbonyl (C=O) groups is 1. The zero-order valence-corrected chi connectivity index (χ0v) is 16.2. The Kier molecular flexibility index (Phi) is 3.73. The summed E-state index contributed by atoms with van der Waals surface area (Å²) in [5.41, 5.74) is 2.19. The summed E-state index contributed by atoms with van der Waals surface area (Å²) in [5, 5.41) is 1.42. The van der Waals surface area contributed by atoms with Crippen LogP contribution in [0, 0.1) is 0 Å². The van der Waals surface area contributed by atoms with Gasteiger partial charge in [-0.3, -0.25) is 4.79 Å². The van der Waals surface area contributed by atoms with Gasteiger partial charge in [0.1, 0.15) is 0 Å². The van der Waals surface area contributed by atoms with Gasteiger partial charge in [-0.15, -0.1) is 0 Å². The van der Waals surface area contributed by atoms with Gasteiger partial charge in [-0.05, 0) is 30.0 Å². The van der Waals surface area contributed by atoms with Crippen molar-refractivity contribution in [1.29, 1.82) is 0 Å². The van der Waals surface area contributed by atoms with Crippen molar-refractivity contribution < 1.29 is 4.79 Å². The Hall–Kier alpha value is -2.13. The van der Waals surface area contributed by atoms with Gasteiger partial charge in [0.2, 0.25) is 5.91 Å². The SMILES string of the molecule is CN1C(=O)[C@]2(CCC=C[C@H]2[Si](C)(C)c2ccccc2)c2ccccc21. The molecular formula is C22H25NOSi. The fourth-order valence-electron chi connectivity index (χ4n) is 4.98. The second-order valence-electron chi connectivity index (χ2n) is 7.88. The molecule has 25 heavy (non-hydrogen) atoms. The summed E-state index contributed by atoms with van der Waals surface area (Å²) >= 11 is 0. The van der Waals surface area contributed by atoms with Crippen LogP contribution in [0.25, 0.3) is 0 Å². The van der Waals surface area contributed by atoms with E-state index in [4.69, 9.17) is 0 Å². The number of anilines is 1. The van der Waals surface area contributed by atoms with Crippen LogP contribution >= 0.6 is 0 Å². The Balaban J connectivity index is 1.92. The highest BCUT2D eigenvalue weighted by Crippen LogP contribution is 2.56. The molecule has 2 aliphatic rings. The standard InChI is InChI=1S/C22H25NOSi/c1-23-19-14-8-7-13-18(19)22(21(23)24)16-10-9-15-20(22)25(2,3)17-11-5-4-6-12-17/h4-9,11-15,20H,10,16H2,1-3H3/t20-,22-/m1/s1. The molecule has 2 aromatic carbocycles. The molecule has 2 aromatic rings. The van der Waals surface area contributed by atoms with E-state index >= 15 is 0 Å². The molecule has 1 heterocycles. The number of amides is 1. The lowest BCUT2D eigenvalue weighted by molar-refractivity contribution is -0.123. The van der Waals surface area contributed by atoms with Crippen LogP contribution in [-0.4, -0.2) is 21.0 Å². The van der Waals surface area contributed by atoms with Crippen LogP contribution in [0.4, 0.5) is 5.69 Å². The second-order valence-corrected chi connectivity index (χ2v) is 12.5. The van der Waals surface area contributed by atoms with E-state index in [1.54, 1.807) is 0 Å². The summed E-state index contributed by atoms with van der Waals surface area (Å²) in [7, 11) is 0.0428. The highest BCUT2D eigenvalue weighted by molar-refractivity contribution is 6.91. The molecule has 1 spiro atoms. The van der Waals surface area contributed by atoms with Crippen molar-refractivity contribution in [3.8, 4) is 0 Å². The molecule has 0 saturated heterocycles. The van der Waals surface area contributed by atoms with Gasteiger partial charge in [-0.1, -0.05) is 79.0 Å². The number of carbonyl (C=O) groups excluding carboxylic acids is 1. The lowest BCUT2D eigenvalue weighted by atomic mass is 9.72. The molecule has 0 aromatic heterocycles. The average Bonchev–Trinajstić information content (AvgIpc) is 2.86. The first kappa shape index (κ1) is 16.3. The van der Waals surface area contributed by atoms with Gasteiger partial charge < -0.3 is 4.90 Å². The summed E-state index contributed by atoms with van der Waals surface area (Å²) in [6, 6.07) is 19.2. The first-order valence-electron chi connectivity index (χ1n) is 9.09. The Morgan fingerprint density at radius 2 is 1.72 bits per heavy atom. The molecule has 0 bridgehead atoms. The minimum atomic E-state index is -1.89. The molecule has 0 N–H and O–H groups in total. The van der Waals surface area contributed by atoms with Crippen molar-refractivity contribution in [3.63, 3.8) is 0 Å². The van der Waals surface area contributed by atoms with Gasteiger partial charge >= 0.3 is 0 Å². The Bertz CT molecular complexity index is 842. The number of para-hydroxylation sites is 1. The van der Waals surface area contributed by atoms with Crippen LogP contribution in [0.3, 0.4) is 0 Å². The van der Waals surface area contributed by atoms with Crippen LogP contribution in [0.5, 0.6) is 0 Å². The zero-order chi connectivity index (χ0) is 17.7. The molecule has 1 aliphatic carbocycles. The van der Waals surface area contributed by atoms with Gasteiger partial charge in [0, 0.05) is 12.7 Å². The van der Waals surface area contributed by atoms with E-state index in [2.05, 4.69) is 73.8 Å². The van der Waals surface area contributed by atoms with E-state index < -0.39 is 13.5 Å². The molecule has 0 radical (unpaired) electrons.